The van der Waals surface area contributed by atoms with Gasteiger partial charge in [-0.15, -0.1) is 0 Å². The van der Waals surface area contributed by atoms with Crippen LogP contribution >= 0.6 is 0 Å². The van der Waals surface area contributed by atoms with Gasteiger partial charge in [-0.05, 0) is 68.9 Å². The van der Waals surface area contributed by atoms with Crippen LogP contribution in [0.5, 0.6) is 0 Å². The van der Waals surface area contributed by atoms with Crippen molar-refractivity contribution in [3.63, 3.8) is 0 Å². The minimum atomic E-state index is -3.69. The van der Waals surface area contributed by atoms with Crippen LogP contribution in [-0.2, 0) is 20.4 Å². The van der Waals surface area contributed by atoms with E-state index >= 15 is 0 Å². The number of anilines is 1. The second-order valence-corrected chi connectivity index (χ2v) is 10.3. The zero-order valence-electron chi connectivity index (χ0n) is 18.4. The Labute approximate surface area is 190 Å². The van der Waals surface area contributed by atoms with E-state index in [1.165, 1.54) is 18.4 Å². The first-order valence-electron chi connectivity index (χ1n) is 10.9. The Balaban J connectivity index is 1.53. The minimum absolute atomic E-state index is 0.224. The molecule has 3 rings (SSSR count). The predicted molar refractivity (Wildman–Crippen MR) is 127 cm³/mol. The fourth-order valence-electron chi connectivity index (χ4n) is 3.71. The van der Waals surface area contributed by atoms with Gasteiger partial charge in [0.05, 0.1) is 5.75 Å². The molecular weight excluding hydrogens is 424 g/mol. The van der Waals surface area contributed by atoms with E-state index in [4.69, 9.17) is 0 Å². The lowest BCUT2D eigenvalue weighted by Gasteiger charge is -2.13. The van der Waals surface area contributed by atoms with Gasteiger partial charge >= 0.3 is 0 Å². The number of hydrogen-bond acceptors (Lipinski definition) is 4. The molecule has 0 saturated heterocycles. The summed E-state index contributed by atoms with van der Waals surface area (Å²) in [5, 5.41) is 5.51. The third-order valence-electron chi connectivity index (χ3n) is 5.38. The lowest BCUT2D eigenvalue weighted by atomic mass is 9.97. The first-order valence-corrected chi connectivity index (χ1v) is 12.7. The molecule has 2 amide bonds. The molecule has 7 heteroatoms. The highest BCUT2D eigenvalue weighted by molar-refractivity contribution is 7.91. The highest BCUT2D eigenvalue weighted by Gasteiger charge is 2.18. The lowest BCUT2D eigenvalue weighted by molar-refractivity contribution is -0.113. The summed E-state index contributed by atoms with van der Waals surface area (Å²) in [6.07, 6.45) is 7.76. The van der Waals surface area contributed by atoms with E-state index in [0.717, 1.165) is 24.8 Å². The summed E-state index contributed by atoms with van der Waals surface area (Å²) in [5.74, 6) is -1.73. The summed E-state index contributed by atoms with van der Waals surface area (Å²) >= 11 is 0. The van der Waals surface area contributed by atoms with E-state index < -0.39 is 21.5 Å². The number of amides is 2. The molecule has 2 N–H and O–H groups in total. The summed E-state index contributed by atoms with van der Waals surface area (Å²) in [5.41, 5.74) is 3.89. The number of carbonyl (C=O) groups excluding carboxylic acids is 2. The molecule has 170 valence electrons. The normalized spacial score (nSPS) is 13.8. The standard InChI is InChI=1S/C25H30N2O4S/c1-19-10-12-23(13-11-19)27-24(28)18-32(30,31)17-21-8-5-9-22(16-21)25(29)26-15-14-20-6-3-2-4-7-20/h5-6,8-13,16H,2-4,7,14-15,17-18H2,1H3,(H,26,29)(H,27,28). The van der Waals surface area contributed by atoms with E-state index in [2.05, 4.69) is 16.7 Å². The SMILES string of the molecule is Cc1ccc(NC(=O)CS(=O)(=O)Cc2cccc(C(=O)NCCC3=CCCCC3)c2)cc1. The molecule has 1 aliphatic carbocycles. The van der Waals surface area contributed by atoms with Crippen LogP contribution in [-0.4, -0.2) is 32.5 Å². The molecular formula is C25H30N2O4S. The molecule has 0 aliphatic heterocycles. The van der Waals surface area contributed by atoms with Gasteiger partial charge in [0.15, 0.2) is 9.84 Å². The maximum Gasteiger partial charge on any atom is 0.251 e. The van der Waals surface area contributed by atoms with E-state index in [1.807, 2.05) is 19.1 Å². The van der Waals surface area contributed by atoms with Gasteiger partial charge in [-0.3, -0.25) is 9.59 Å². The van der Waals surface area contributed by atoms with Crippen LogP contribution in [0.15, 0.2) is 60.2 Å². The Bertz CT molecular complexity index is 1090. The topological polar surface area (TPSA) is 92.3 Å². The van der Waals surface area contributed by atoms with Gasteiger partial charge in [0, 0.05) is 17.8 Å². The molecule has 0 aromatic heterocycles. The summed E-state index contributed by atoms with van der Waals surface area (Å²) < 4.78 is 25.0. The van der Waals surface area contributed by atoms with Gasteiger partial charge in [-0.2, -0.15) is 0 Å². The van der Waals surface area contributed by atoms with E-state index in [-0.39, 0.29) is 11.7 Å². The molecule has 1 aliphatic rings. The Morgan fingerprint density at radius 3 is 2.53 bits per heavy atom. The van der Waals surface area contributed by atoms with Crippen molar-refractivity contribution in [3.8, 4) is 0 Å². The molecule has 6 nitrogen and oxygen atoms in total. The quantitative estimate of drug-likeness (QED) is 0.556. The van der Waals surface area contributed by atoms with Crippen molar-refractivity contribution in [3.05, 3.63) is 76.9 Å². The molecule has 0 bridgehead atoms. The first kappa shape index (κ1) is 23.7. The van der Waals surface area contributed by atoms with Gasteiger partial charge in [-0.1, -0.05) is 41.5 Å². The number of carbonyl (C=O) groups is 2. The number of aryl methyl sites for hydroxylation is 1. The fourth-order valence-corrected chi connectivity index (χ4v) is 4.97. The second kappa shape index (κ2) is 11.1. The number of allylic oxidation sites excluding steroid dienone is 1. The Kier molecular flexibility index (Phi) is 8.22. The maximum atomic E-state index is 12.5. The van der Waals surface area contributed by atoms with Gasteiger partial charge in [0.25, 0.3) is 5.91 Å². The molecule has 0 fully saturated rings. The Morgan fingerprint density at radius 2 is 1.81 bits per heavy atom. The van der Waals surface area contributed by atoms with Crippen LogP contribution in [0.4, 0.5) is 5.69 Å². The summed E-state index contributed by atoms with van der Waals surface area (Å²) in [6.45, 7) is 2.49. The van der Waals surface area contributed by atoms with Crippen LogP contribution in [0.2, 0.25) is 0 Å². The van der Waals surface area contributed by atoms with Crippen LogP contribution in [0.25, 0.3) is 0 Å². The fraction of sp³-hybridized carbons (Fsp3) is 0.360. The van der Waals surface area contributed by atoms with Crippen molar-refractivity contribution in [2.45, 2.75) is 44.8 Å². The van der Waals surface area contributed by atoms with E-state index in [1.54, 1.807) is 36.4 Å². The van der Waals surface area contributed by atoms with Crippen LogP contribution in [0.3, 0.4) is 0 Å². The summed E-state index contributed by atoms with van der Waals surface area (Å²) in [7, 11) is -3.69. The van der Waals surface area contributed by atoms with E-state index in [9.17, 15) is 18.0 Å². The zero-order chi connectivity index (χ0) is 23.0. The number of hydrogen-bond donors (Lipinski definition) is 2. The third-order valence-corrected chi connectivity index (χ3v) is 6.85. The summed E-state index contributed by atoms with van der Waals surface area (Å²) in [4.78, 5) is 24.6. The Hall–Kier alpha value is -2.93. The lowest BCUT2D eigenvalue weighted by Crippen LogP contribution is -2.25. The highest BCUT2D eigenvalue weighted by Crippen LogP contribution is 2.19. The van der Waals surface area contributed by atoms with Crippen molar-refractivity contribution >= 4 is 27.3 Å². The number of sulfone groups is 1. The average molecular weight is 455 g/mol. The molecule has 2 aromatic carbocycles. The average Bonchev–Trinajstić information content (AvgIpc) is 2.75. The molecule has 0 spiro atoms. The highest BCUT2D eigenvalue weighted by atomic mass is 32.2. The van der Waals surface area contributed by atoms with Crippen LogP contribution in [0.1, 0.15) is 53.6 Å². The molecule has 0 radical (unpaired) electrons. The molecule has 0 atom stereocenters. The second-order valence-electron chi connectivity index (χ2n) is 8.26. The monoisotopic (exact) mass is 454 g/mol. The number of rotatable bonds is 9. The zero-order valence-corrected chi connectivity index (χ0v) is 19.2. The largest absolute Gasteiger partial charge is 0.352 e. The van der Waals surface area contributed by atoms with Crippen molar-refractivity contribution in [1.29, 1.82) is 0 Å². The van der Waals surface area contributed by atoms with Crippen molar-refractivity contribution in [2.24, 2.45) is 0 Å². The minimum Gasteiger partial charge on any atom is -0.352 e. The number of benzene rings is 2. The van der Waals surface area contributed by atoms with Crippen molar-refractivity contribution in [2.75, 3.05) is 17.6 Å². The van der Waals surface area contributed by atoms with Gasteiger partial charge in [-0.25, -0.2) is 8.42 Å². The Morgan fingerprint density at radius 1 is 1.03 bits per heavy atom. The summed E-state index contributed by atoms with van der Waals surface area (Å²) in [6, 6.07) is 13.7. The smallest absolute Gasteiger partial charge is 0.251 e. The van der Waals surface area contributed by atoms with Gasteiger partial charge < -0.3 is 10.6 Å². The van der Waals surface area contributed by atoms with Gasteiger partial charge in [0.2, 0.25) is 5.91 Å². The van der Waals surface area contributed by atoms with E-state index in [0.29, 0.717) is 23.4 Å². The van der Waals surface area contributed by atoms with Gasteiger partial charge in [0.1, 0.15) is 5.75 Å². The molecule has 32 heavy (non-hydrogen) atoms. The van der Waals surface area contributed by atoms with Crippen LogP contribution < -0.4 is 10.6 Å². The molecule has 0 heterocycles. The van der Waals surface area contributed by atoms with Crippen molar-refractivity contribution in [1.82, 2.24) is 5.32 Å². The first-order chi connectivity index (χ1) is 15.3. The van der Waals surface area contributed by atoms with Crippen molar-refractivity contribution < 1.29 is 18.0 Å². The maximum absolute atomic E-state index is 12.5. The number of nitrogens with one attached hydrogen (secondary N) is 2. The predicted octanol–water partition coefficient (Wildman–Crippen LogP) is 4.17. The third kappa shape index (κ3) is 7.64. The molecule has 2 aromatic rings. The van der Waals surface area contributed by atoms with Crippen LogP contribution in [0, 0.1) is 6.92 Å². The molecule has 0 unspecified atom stereocenters. The molecule has 0 saturated carbocycles.